The van der Waals surface area contributed by atoms with Gasteiger partial charge in [0.05, 0.1) is 11.1 Å². The number of hydrogen-bond donors (Lipinski definition) is 3. The molecule has 0 saturated carbocycles. The fraction of sp³-hybridized carbons (Fsp3) is 0.417. The van der Waals surface area contributed by atoms with Crippen molar-refractivity contribution >= 4 is 11.7 Å². The summed E-state index contributed by atoms with van der Waals surface area (Å²) in [7, 11) is 0. The third-order valence-corrected chi connectivity index (χ3v) is 3.09. The van der Waals surface area contributed by atoms with Crippen molar-refractivity contribution in [3.8, 4) is 0 Å². The SMILES string of the molecule is CCC(C)(NC(=O)c1ccc(C(F)(F)F)cn1)/C(N)=N/O. The fourth-order valence-electron chi connectivity index (χ4n) is 1.45. The van der Waals surface area contributed by atoms with E-state index in [4.69, 9.17) is 10.9 Å². The van der Waals surface area contributed by atoms with Gasteiger partial charge in [-0.25, -0.2) is 0 Å². The number of oxime groups is 1. The molecule has 1 atom stereocenters. The first-order valence-corrected chi connectivity index (χ1v) is 5.98. The summed E-state index contributed by atoms with van der Waals surface area (Å²) in [4.78, 5) is 15.4. The Morgan fingerprint density at radius 3 is 2.48 bits per heavy atom. The Morgan fingerprint density at radius 2 is 2.10 bits per heavy atom. The van der Waals surface area contributed by atoms with Crippen molar-refractivity contribution in [3.63, 3.8) is 0 Å². The number of nitrogens with zero attached hydrogens (tertiary/aromatic N) is 2. The van der Waals surface area contributed by atoms with E-state index in [2.05, 4.69) is 15.5 Å². The van der Waals surface area contributed by atoms with Crippen LogP contribution in [0.1, 0.15) is 36.3 Å². The highest BCUT2D eigenvalue weighted by Gasteiger charge is 2.32. The summed E-state index contributed by atoms with van der Waals surface area (Å²) < 4.78 is 37.2. The largest absolute Gasteiger partial charge is 0.417 e. The molecule has 1 aromatic rings. The van der Waals surface area contributed by atoms with Gasteiger partial charge in [0.2, 0.25) is 0 Å². The third-order valence-electron chi connectivity index (χ3n) is 3.09. The summed E-state index contributed by atoms with van der Waals surface area (Å²) >= 11 is 0. The summed E-state index contributed by atoms with van der Waals surface area (Å²) in [6, 6.07) is 1.72. The summed E-state index contributed by atoms with van der Waals surface area (Å²) in [5.74, 6) is -0.940. The Kier molecular flexibility index (Phi) is 4.77. The molecule has 0 aliphatic heterocycles. The van der Waals surface area contributed by atoms with E-state index in [1.165, 1.54) is 6.92 Å². The van der Waals surface area contributed by atoms with Crippen LogP contribution in [-0.2, 0) is 6.18 Å². The monoisotopic (exact) mass is 304 g/mol. The van der Waals surface area contributed by atoms with E-state index >= 15 is 0 Å². The molecule has 1 amide bonds. The minimum atomic E-state index is -4.52. The molecule has 0 saturated heterocycles. The summed E-state index contributed by atoms with van der Waals surface area (Å²) in [6.07, 6.45) is -3.63. The molecule has 0 radical (unpaired) electrons. The standard InChI is InChI=1S/C12H15F3N4O2/c1-3-11(2,10(16)19-21)18-9(20)8-5-4-7(6-17-8)12(13,14)15/h4-6,21H,3H2,1-2H3,(H2,16,19)(H,18,20). The lowest BCUT2D eigenvalue weighted by Crippen LogP contribution is -2.55. The van der Waals surface area contributed by atoms with Gasteiger partial charge in [-0.15, -0.1) is 0 Å². The second-order valence-electron chi connectivity index (χ2n) is 4.55. The van der Waals surface area contributed by atoms with E-state index in [9.17, 15) is 18.0 Å². The van der Waals surface area contributed by atoms with Crippen LogP contribution in [0, 0.1) is 0 Å². The first-order valence-electron chi connectivity index (χ1n) is 5.98. The second-order valence-corrected chi connectivity index (χ2v) is 4.55. The minimum absolute atomic E-state index is 0.201. The van der Waals surface area contributed by atoms with Crippen LogP contribution in [-0.4, -0.2) is 27.5 Å². The topological polar surface area (TPSA) is 101 Å². The van der Waals surface area contributed by atoms with Gasteiger partial charge in [0.1, 0.15) is 5.69 Å². The number of carbonyl (C=O) groups is 1. The van der Waals surface area contributed by atoms with E-state index in [0.29, 0.717) is 12.6 Å². The van der Waals surface area contributed by atoms with E-state index in [0.717, 1.165) is 12.1 Å². The van der Waals surface area contributed by atoms with Gasteiger partial charge in [-0.1, -0.05) is 12.1 Å². The number of halogens is 3. The molecule has 1 rings (SSSR count). The Hall–Kier alpha value is -2.32. The molecule has 21 heavy (non-hydrogen) atoms. The Balaban J connectivity index is 2.95. The average Bonchev–Trinajstić information content (AvgIpc) is 2.45. The molecule has 4 N–H and O–H groups in total. The third kappa shape index (κ3) is 3.83. The lowest BCUT2D eigenvalue weighted by atomic mass is 9.97. The predicted octanol–water partition coefficient (Wildman–Crippen LogP) is 1.75. The van der Waals surface area contributed by atoms with Crippen LogP contribution in [0.4, 0.5) is 13.2 Å². The van der Waals surface area contributed by atoms with Gasteiger partial charge < -0.3 is 16.3 Å². The first-order chi connectivity index (χ1) is 9.64. The number of amidine groups is 1. The molecular weight excluding hydrogens is 289 g/mol. The molecule has 1 aromatic heterocycles. The van der Waals surface area contributed by atoms with Crippen LogP contribution in [0.3, 0.4) is 0 Å². The van der Waals surface area contributed by atoms with Crippen molar-refractivity contribution in [2.75, 3.05) is 0 Å². The van der Waals surface area contributed by atoms with Gasteiger partial charge in [-0.3, -0.25) is 9.78 Å². The lowest BCUT2D eigenvalue weighted by Gasteiger charge is -2.27. The number of rotatable bonds is 4. The van der Waals surface area contributed by atoms with Gasteiger partial charge in [0.25, 0.3) is 5.91 Å². The average molecular weight is 304 g/mol. The van der Waals surface area contributed by atoms with Crippen LogP contribution >= 0.6 is 0 Å². The molecular formula is C12H15F3N4O2. The summed E-state index contributed by atoms with van der Waals surface area (Å²) in [5.41, 5.74) is 3.21. The maximum Gasteiger partial charge on any atom is 0.417 e. The van der Waals surface area contributed by atoms with Gasteiger partial charge in [-0.2, -0.15) is 13.2 Å². The summed E-state index contributed by atoms with van der Waals surface area (Å²) in [5, 5.41) is 14.0. The highest BCUT2D eigenvalue weighted by Crippen LogP contribution is 2.28. The fourth-order valence-corrected chi connectivity index (χ4v) is 1.45. The van der Waals surface area contributed by atoms with E-state index in [1.807, 2.05) is 0 Å². The summed E-state index contributed by atoms with van der Waals surface area (Å²) in [6.45, 7) is 3.21. The molecule has 0 aliphatic carbocycles. The van der Waals surface area contributed by atoms with Gasteiger partial charge in [-0.05, 0) is 25.5 Å². The molecule has 1 unspecified atom stereocenters. The van der Waals surface area contributed by atoms with E-state index in [-0.39, 0.29) is 11.5 Å². The number of nitrogens with two attached hydrogens (primary N) is 1. The zero-order valence-electron chi connectivity index (χ0n) is 11.4. The minimum Gasteiger partial charge on any atom is -0.409 e. The molecule has 0 fully saturated rings. The molecule has 9 heteroatoms. The van der Waals surface area contributed by atoms with Crippen molar-refractivity contribution in [1.29, 1.82) is 0 Å². The molecule has 116 valence electrons. The number of nitrogens with one attached hydrogen (secondary N) is 1. The number of amides is 1. The van der Waals surface area contributed by atoms with Crippen molar-refractivity contribution in [2.45, 2.75) is 32.0 Å². The predicted molar refractivity (Wildman–Crippen MR) is 68.8 cm³/mol. The smallest absolute Gasteiger partial charge is 0.409 e. The number of hydrogen-bond acceptors (Lipinski definition) is 4. The van der Waals surface area contributed by atoms with Crippen LogP contribution in [0.2, 0.25) is 0 Å². The molecule has 1 heterocycles. The number of carbonyl (C=O) groups excluding carboxylic acids is 1. The first kappa shape index (κ1) is 16.7. The Morgan fingerprint density at radius 1 is 1.48 bits per heavy atom. The highest BCUT2D eigenvalue weighted by molar-refractivity contribution is 5.98. The van der Waals surface area contributed by atoms with Crippen molar-refractivity contribution in [2.24, 2.45) is 10.9 Å². The maximum absolute atomic E-state index is 12.4. The zero-order chi connectivity index (χ0) is 16.3. The number of alkyl halides is 3. The number of pyridine rings is 1. The van der Waals surface area contributed by atoms with Crippen molar-refractivity contribution in [3.05, 3.63) is 29.6 Å². The Labute approximate surface area is 118 Å². The van der Waals surface area contributed by atoms with E-state index in [1.54, 1.807) is 6.92 Å². The van der Waals surface area contributed by atoms with Gasteiger partial charge in [0.15, 0.2) is 5.84 Å². The van der Waals surface area contributed by atoms with Crippen LogP contribution in [0.25, 0.3) is 0 Å². The molecule has 0 spiro atoms. The van der Waals surface area contributed by atoms with E-state index < -0.39 is 23.2 Å². The quantitative estimate of drug-likeness (QED) is 0.341. The molecule has 0 aliphatic rings. The lowest BCUT2D eigenvalue weighted by molar-refractivity contribution is -0.137. The van der Waals surface area contributed by atoms with Gasteiger partial charge >= 0.3 is 6.18 Å². The molecule has 0 aromatic carbocycles. The highest BCUT2D eigenvalue weighted by atomic mass is 19.4. The zero-order valence-corrected chi connectivity index (χ0v) is 11.4. The molecule has 0 bridgehead atoms. The van der Waals surface area contributed by atoms with Crippen LogP contribution in [0.15, 0.2) is 23.5 Å². The van der Waals surface area contributed by atoms with Crippen LogP contribution < -0.4 is 11.1 Å². The maximum atomic E-state index is 12.4. The van der Waals surface area contributed by atoms with Crippen molar-refractivity contribution < 1.29 is 23.2 Å². The van der Waals surface area contributed by atoms with Gasteiger partial charge in [0, 0.05) is 6.20 Å². The normalized spacial score (nSPS) is 15.4. The molecule has 6 nitrogen and oxygen atoms in total. The second kappa shape index (κ2) is 5.98. The van der Waals surface area contributed by atoms with Crippen molar-refractivity contribution in [1.82, 2.24) is 10.3 Å². The van der Waals surface area contributed by atoms with Crippen LogP contribution in [0.5, 0.6) is 0 Å². The Bertz CT molecular complexity index is 542. The number of aromatic nitrogens is 1.